The molecule has 0 aliphatic rings. The fraction of sp³-hybridized carbons (Fsp3) is 0.857. The monoisotopic (exact) mass is 252 g/mol. The molecule has 0 aliphatic carbocycles. The van der Waals surface area contributed by atoms with Gasteiger partial charge in [-0.3, -0.25) is 4.79 Å². The average molecular weight is 252 g/mol. The Balaban J connectivity index is 4.28. The van der Waals surface area contributed by atoms with E-state index in [2.05, 4.69) is 5.73 Å². The summed E-state index contributed by atoms with van der Waals surface area (Å²) in [7, 11) is 0. The first-order valence-corrected chi connectivity index (χ1v) is 4.08. The third-order valence-corrected chi connectivity index (χ3v) is 1.75. The maximum absolute atomic E-state index is 12.1. The van der Waals surface area contributed by atoms with Crippen molar-refractivity contribution < 1.29 is 31.1 Å². The molecule has 16 heavy (non-hydrogen) atoms. The molecule has 0 radical (unpaired) electrons. The molecular formula is C7H10F6N2O. The third kappa shape index (κ3) is 4.25. The highest BCUT2D eigenvalue weighted by Gasteiger charge is 2.53. The Morgan fingerprint density at radius 2 is 1.62 bits per heavy atom. The predicted octanol–water partition coefficient (Wildman–Crippen LogP) is 1.33. The van der Waals surface area contributed by atoms with Gasteiger partial charge < -0.3 is 11.1 Å². The second-order valence-electron chi connectivity index (χ2n) is 3.32. The number of hydrogen-bond acceptors (Lipinski definition) is 2. The van der Waals surface area contributed by atoms with Gasteiger partial charge in [0.2, 0.25) is 5.91 Å². The molecule has 0 aliphatic heterocycles. The van der Waals surface area contributed by atoms with E-state index >= 15 is 0 Å². The Morgan fingerprint density at radius 1 is 1.19 bits per heavy atom. The predicted molar refractivity (Wildman–Crippen MR) is 42.3 cm³/mol. The maximum atomic E-state index is 12.1. The third-order valence-electron chi connectivity index (χ3n) is 1.75. The van der Waals surface area contributed by atoms with E-state index in [1.165, 1.54) is 5.32 Å². The zero-order valence-corrected chi connectivity index (χ0v) is 8.17. The van der Waals surface area contributed by atoms with Crippen LogP contribution in [-0.2, 0) is 4.79 Å². The lowest BCUT2D eigenvalue weighted by Gasteiger charge is -2.26. The first kappa shape index (κ1) is 15.0. The number of rotatable bonds is 3. The van der Waals surface area contributed by atoms with Gasteiger partial charge >= 0.3 is 12.4 Å². The first-order chi connectivity index (χ1) is 6.88. The van der Waals surface area contributed by atoms with E-state index in [9.17, 15) is 31.1 Å². The summed E-state index contributed by atoms with van der Waals surface area (Å²) >= 11 is 0. The van der Waals surface area contributed by atoms with Gasteiger partial charge in [-0.1, -0.05) is 0 Å². The van der Waals surface area contributed by atoms with Crippen molar-refractivity contribution in [3.8, 4) is 0 Å². The van der Waals surface area contributed by atoms with E-state index in [-0.39, 0.29) is 0 Å². The van der Waals surface area contributed by atoms with Crippen molar-refractivity contribution in [1.29, 1.82) is 0 Å². The van der Waals surface area contributed by atoms with Crippen molar-refractivity contribution in [3.05, 3.63) is 0 Å². The highest BCUT2D eigenvalue weighted by atomic mass is 19.4. The molecule has 0 bridgehead atoms. The van der Waals surface area contributed by atoms with Crippen LogP contribution in [-0.4, -0.2) is 30.3 Å². The Hall–Kier alpha value is -0.990. The minimum atomic E-state index is -5.02. The van der Waals surface area contributed by atoms with Crippen LogP contribution in [0.15, 0.2) is 0 Å². The van der Waals surface area contributed by atoms with Gasteiger partial charge in [-0.05, 0) is 6.92 Å². The van der Waals surface area contributed by atoms with Crippen molar-refractivity contribution in [1.82, 2.24) is 5.32 Å². The number of amides is 1. The Bertz CT molecular complexity index is 257. The van der Waals surface area contributed by atoms with Crippen molar-refractivity contribution >= 4 is 5.91 Å². The molecule has 0 aromatic carbocycles. The van der Waals surface area contributed by atoms with Crippen molar-refractivity contribution in [3.63, 3.8) is 0 Å². The van der Waals surface area contributed by atoms with Gasteiger partial charge in [0.25, 0.3) is 0 Å². The van der Waals surface area contributed by atoms with Crippen LogP contribution in [0.5, 0.6) is 0 Å². The van der Waals surface area contributed by atoms with Crippen LogP contribution < -0.4 is 11.1 Å². The number of alkyl halides is 6. The van der Waals surface area contributed by atoms with Crippen molar-refractivity contribution in [2.45, 2.75) is 31.2 Å². The van der Waals surface area contributed by atoms with Crippen LogP contribution in [0, 0.1) is 0 Å². The summed E-state index contributed by atoms with van der Waals surface area (Å²) in [4.78, 5) is 10.9. The van der Waals surface area contributed by atoms with Gasteiger partial charge in [-0.25, -0.2) is 0 Å². The maximum Gasteiger partial charge on any atom is 0.415 e. The lowest BCUT2D eigenvalue weighted by molar-refractivity contribution is -0.187. The molecule has 0 heterocycles. The Kier molecular flexibility index (Phi) is 4.20. The molecular weight excluding hydrogens is 242 g/mol. The topological polar surface area (TPSA) is 55.1 Å². The van der Waals surface area contributed by atoms with E-state index in [0.717, 1.165) is 0 Å². The molecule has 0 aromatic rings. The molecule has 0 saturated heterocycles. The summed E-state index contributed by atoms with van der Waals surface area (Å²) in [5, 5.41) is 1.48. The zero-order chi connectivity index (χ0) is 13.2. The summed E-state index contributed by atoms with van der Waals surface area (Å²) in [5.41, 5.74) is 1.47. The van der Waals surface area contributed by atoms with Crippen molar-refractivity contribution in [2.24, 2.45) is 5.73 Å². The molecule has 0 saturated carbocycles. The quantitative estimate of drug-likeness (QED) is 0.744. The summed E-state index contributed by atoms with van der Waals surface area (Å²) in [6, 6.07) is 0. The molecule has 0 fully saturated rings. The molecule has 0 spiro atoms. The summed E-state index contributed by atoms with van der Waals surface area (Å²) in [5.74, 6) is -1.69. The largest absolute Gasteiger partial charge is 0.415 e. The van der Waals surface area contributed by atoms with Crippen LogP contribution in [0.25, 0.3) is 0 Å². The molecule has 96 valence electrons. The van der Waals surface area contributed by atoms with Crippen LogP contribution in [0.3, 0.4) is 0 Å². The van der Waals surface area contributed by atoms with Crippen LogP contribution in [0.2, 0.25) is 0 Å². The minimum Gasteiger partial charge on any atom is -0.354 e. The number of hydrogen-bond donors (Lipinski definition) is 2. The highest BCUT2D eigenvalue weighted by molar-refractivity contribution is 5.86. The van der Waals surface area contributed by atoms with E-state index in [1.54, 1.807) is 0 Å². The minimum absolute atomic E-state index is 0.385. The van der Waals surface area contributed by atoms with Gasteiger partial charge in [0, 0.05) is 6.54 Å². The Labute approximate surface area is 87.0 Å². The fourth-order valence-electron chi connectivity index (χ4n) is 0.630. The lowest BCUT2D eigenvalue weighted by atomic mass is 10.0. The van der Waals surface area contributed by atoms with Gasteiger partial charge in [0.15, 0.2) is 5.54 Å². The molecule has 3 nitrogen and oxygen atoms in total. The number of nitrogens with one attached hydrogen (secondary N) is 1. The fourth-order valence-corrected chi connectivity index (χ4v) is 0.630. The Morgan fingerprint density at radius 3 is 1.94 bits per heavy atom. The average Bonchev–Trinajstić information content (AvgIpc) is 1.99. The second kappa shape index (κ2) is 4.48. The lowest BCUT2D eigenvalue weighted by Crippen LogP contribution is -2.61. The normalized spacial score (nSPS) is 16.8. The summed E-state index contributed by atoms with van der Waals surface area (Å²) < 4.78 is 71.3. The number of carbonyl (C=O) groups excluding carboxylic acids is 1. The molecule has 9 heteroatoms. The summed E-state index contributed by atoms with van der Waals surface area (Å²) in [6.07, 6.45) is -11.0. The van der Waals surface area contributed by atoms with Gasteiger partial charge in [0.1, 0.15) is 0 Å². The van der Waals surface area contributed by atoms with E-state index in [1.807, 2.05) is 0 Å². The molecule has 1 atom stereocenters. The SMILES string of the molecule is CC(N)(C(=O)NCCC(F)(F)F)C(F)(F)F. The van der Waals surface area contributed by atoms with Crippen LogP contribution in [0.4, 0.5) is 26.3 Å². The second-order valence-corrected chi connectivity index (χ2v) is 3.32. The van der Waals surface area contributed by atoms with Crippen LogP contribution in [0.1, 0.15) is 13.3 Å². The van der Waals surface area contributed by atoms with E-state index in [0.29, 0.717) is 6.92 Å². The smallest absolute Gasteiger partial charge is 0.354 e. The number of nitrogens with two attached hydrogens (primary N) is 1. The van der Waals surface area contributed by atoms with Gasteiger partial charge in [0.05, 0.1) is 6.42 Å². The van der Waals surface area contributed by atoms with E-state index < -0.39 is 36.8 Å². The molecule has 3 N–H and O–H groups in total. The van der Waals surface area contributed by atoms with Crippen LogP contribution >= 0.6 is 0 Å². The zero-order valence-electron chi connectivity index (χ0n) is 8.17. The molecule has 1 amide bonds. The van der Waals surface area contributed by atoms with Crippen molar-refractivity contribution in [2.75, 3.05) is 6.54 Å². The van der Waals surface area contributed by atoms with Gasteiger partial charge in [-0.15, -0.1) is 0 Å². The molecule has 1 unspecified atom stereocenters. The standard InChI is InChI=1S/C7H10F6N2O/c1-5(14,7(11,12)13)4(16)15-3-2-6(8,9)10/h2-3,14H2,1H3,(H,15,16). The molecule has 0 rings (SSSR count). The van der Waals surface area contributed by atoms with Gasteiger partial charge in [-0.2, -0.15) is 26.3 Å². The number of halogens is 6. The highest BCUT2D eigenvalue weighted by Crippen LogP contribution is 2.28. The summed E-state index contributed by atoms with van der Waals surface area (Å²) in [6.45, 7) is -0.554. The number of carbonyl (C=O) groups is 1. The molecule has 0 aromatic heterocycles. The first-order valence-electron chi connectivity index (χ1n) is 4.08. The van der Waals surface area contributed by atoms with E-state index in [4.69, 9.17) is 0 Å².